The summed E-state index contributed by atoms with van der Waals surface area (Å²) in [6, 6.07) is 21.7. The Morgan fingerprint density at radius 1 is 0.950 bits per heavy atom. The molecule has 3 aromatic rings. The van der Waals surface area contributed by atoms with Gasteiger partial charge in [0, 0.05) is 35.6 Å². The van der Waals surface area contributed by atoms with Crippen molar-refractivity contribution in [3.63, 3.8) is 0 Å². The Bertz CT molecular complexity index is 1410. The maximum Gasteiger partial charge on any atom is 0.257 e. The van der Waals surface area contributed by atoms with Gasteiger partial charge in [0.25, 0.3) is 11.8 Å². The number of likely N-dealkylation sites (tertiary alicyclic amines) is 1. The molecular formula is C30H31ClN4O5. The summed E-state index contributed by atoms with van der Waals surface area (Å²) in [7, 11) is 3.07. The van der Waals surface area contributed by atoms with E-state index >= 15 is 0 Å². The van der Waals surface area contributed by atoms with E-state index in [4.69, 9.17) is 21.1 Å². The van der Waals surface area contributed by atoms with Crippen LogP contribution >= 0.6 is 11.6 Å². The van der Waals surface area contributed by atoms with Crippen molar-refractivity contribution in [3.05, 3.63) is 83.4 Å². The van der Waals surface area contributed by atoms with Crippen molar-refractivity contribution in [1.82, 2.24) is 9.80 Å². The summed E-state index contributed by atoms with van der Waals surface area (Å²) in [5.74, 6) is 0.445. The molecule has 2 fully saturated rings. The van der Waals surface area contributed by atoms with E-state index in [1.165, 1.54) is 7.11 Å². The molecule has 3 amide bonds. The lowest BCUT2D eigenvalue weighted by Crippen LogP contribution is -2.57. The van der Waals surface area contributed by atoms with Gasteiger partial charge in [-0.15, -0.1) is 0 Å². The van der Waals surface area contributed by atoms with Crippen LogP contribution in [0.1, 0.15) is 23.2 Å². The van der Waals surface area contributed by atoms with Gasteiger partial charge in [0.15, 0.2) is 0 Å². The molecule has 0 bridgehead atoms. The van der Waals surface area contributed by atoms with Crippen LogP contribution < -0.4 is 19.7 Å². The number of benzene rings is 3. The molecule has 3 aromatic carbocycles. The molecule has 1 spiro atoms. The number of methoxy groups -OCH3 is 2. The first-order valence-corrected chi connectivity index (χ1v) is 13.4. The molecule has 2 aliphatic heterocycles. The standard InChI is InChI=1S/C30H31ClN4O5/c1-39-24-11-12-25(26(18-24)40-2)28(37)33-15-13-30(14-16-33)29(38)34(20-35(30)23-9-4-3-5-10-23)19-27(36)32-22-8-6-7-21(31)17-22/h3-12,17-18H,13-16,19-20H2,1-2H3,(H,32,36). The molecule has 0 atom stereocenters. The third-order valence-electron chi connectivity index (χ3n) is 7.54. The largest absolute Gasteiger partial charge is 0.497 e. The molecule has 208 valence electrons. The van der Waals surface area contributed by atoms with Crippen molar-refractivity contribution in [3.8, 4) is 11.5 Å². The number of carbonyl (C=O) groups excluding carboxylic acids is 3. The van der Waals surface area contributed by atoms with Gasteiger partial charge in [0.1, 0.15) is 23.6 Å². The number of para-hydroxylation sites is 1. The van der Waals surface area contributed by atoms with Crippen LogP contribution in [0.5, 0.6) is 11.5 Å². The predicted molar refractivity (Wildman–Crippen MR) is 153 cm³/mol. The van der Waals surface area contributed by atoms with Crippen molar-refractivity contribution in [2.75, 3.05) is 50.7 Å². The summed E-state index contributed by atoms with van der Waals surface area (Å²) < 4.78 is 10.7. The molecule has 2 heterocycles. The Hall–Kier alpha value is -4.24. The minimum absolute atomic E-state index is 0.0951. The van der Waals surface area contributed by atoms with Gasteiger partial charge in [0.05, 0.1) is 26.5 Å². The number of piperidine rings is 1. The topological polar surface area (TPSA) is 91.4 Å². The molecule has 9 nitrogen and oxygen atoms in total. The smallest absolute Gasteiger partial charge is 0.257 e. The Balaban J connectivity index is 1.34. The van der Waals surface area contributed by atoms with Crippen LogP contribution in [0, 0.1) is 0 Å². The van der Waals surface area contributed by atoms with Gasteiger partial charge in [-0.05, 0) is 55.3 Å². The van der Waals surface area contributed by atoms with Crippen LogP contribution in [0.15, 0.2) is 72.8 Å². The fraction of sp³-hybridized carbons (Fsp3) is 0.300. The molecule has 2 aliphatic rings. The van der Waals surface area contributed by atoms with Gasteiger partial charge in [-0.1, -0.05) is 35.9 Å². The molecule has 5 rings (SSSR count). The van der Waals surface area contributed by atoms with Crippen LogP contribution in [-0.4, -0.2) is 73.6 Å². The van der Waals surface area contributed by atoms with Crippen molar-refractivity contribution >= 4 is 40.7 Å². The molecule has 10 heteroatoms. The number of anilines is 2. The molecule has 0 radical (unpaired) electrons. The Kier molecular flexibility index (Phi) is 7.84. The molecule has 1 N–H and O–H groups in total. The maximum atomic E-state index is 14.0. The second-order valence-corrected chi connectivity index (χ2v) is 10.3. The van der Waals surface area contributed by atoms with Crippen LogP contribution in [0.2, 0.25) is 5.02 Å². The van der Waals surface area contributed by atoms with E-state index in [1.54, 1.807) is 59.4 Å². The second-order valence-electron chi connectivity index (χ2n) is 9.86. The van der Waals surface area contributed by atoms with E-state index in [-0.39, 0.29) is 30.9 Å². The molecular weight excluding hydrogens is 532 g/mol. The minimum Gasteiger partial charge on any atom is -0.497 e. The van der Waals surface area contributed by atoms with Gasteiger partial charge in [-0.3, -0.25) is 14.4 Å². The SMILES string of the molecule is COc1ccc(C(=O)N2CCC3(CC2)C(=O)N(CC(=O)Nc2cccc(Cl)c2)CN3c2ccccc2)c(OC)c1. The number of rotatable bonds is 7. The average molecular weight is 563 g/mol. The number of carbonyl (C=O) groups is 3. The monoisotopic (exact) mass is 562 g/mol. The molecule has 40 heavy (non-hydrogen) atoms. The molecule has 0 saturated carbocycles. The highest BCUT2D eigenvalue weighted by Gasteiger charge is 2.54. The third-order valence-corrected chi connectivity index (χ3v) is 7.78. The summed E-state index contributed by atoms with van der Waals surface area (Å²) in [6.45, 7) is 0.936. The van der Waals surface area contributed by atoms with Gasteiger partial charge in [0.2, 0.25) is 5.91 Å². The number of nitrogens with one attached hydrogen (secondary N) is 1. The number of hydrogen-bond donors (Lipinski definition) is 1. The number of hydrogen-bond acceptors (Lipinski definition) is 6. The van der Waals surface area contributed by atoms with Gasteiger partial charge < -0.3 is 29.5 Å². The molecule has 0 aromatic heterocycles. The van der Waals surface area contributed by atoms with E-state index in [0.29, 0.717) is 53.7 Å². The Labute approximate surface area is 238 Å². The summed E-state index contributed by atoms with van der Waals surface area (Å²) in [4.78, 5) is 45.7. The van der Waals surface area contributed by atoms with Crippen LogP contribution in [-0.2, 0) is 9.59 Å². The Morgan fingerprint density at radius 3 is 2.38 bits per heavy atom. The van der Waals surface area contributed by atoms with E-state index in [1.807, 2.05) is 30.3 Å². The predicted octanol–water partition coefficient (Wildman–Crippen LogP) is 4.28. The first-order valence-electron chi connectivity index (χ1n) is 13.0. The van der Waals surface area contributed by atoms with Gasteiger partial charge in [-0.2, -0.15) is 0 Å². The van der Waals surface area contributed by atoms with E-state index in [9.17, 15) is 14.4 Å². The van der Waals surface area contributed by atoms with Crippen molar-refractivity contribution in [1.29, 1.82) is 0 Å². The Morgan fingerprint density at radius 2 is 1.70 bits per heavy atom. The highest BCUT2D eigenvalue weighted by atomic mass is 35.5. The van der Waals surface area contributed by atoms with Crippen LogP contribution in [0.25, 0.3) is 0 Å². The first-order chi connectivity index (χ1) is 19.3. The number of halogens is 1. The fourth-order valence-electron chi connectivity index (χ4n) is 5.49. The van der Waals surface area contributed by atoms with Crippen LogP contribution in [0.4, 0.5) is 11.4 Å². The van der Waals surface area contributed by atoms with Crippen molar-refractivity contribution in [2.45, 2.75) is 18.4 Å². The molecule has 0 aliphatic carbocycles. The highest BCUT2D eigenvalue weighted by Crippen LogP contribution is 2.40. The lowest BCUT2D eigenvalue weighted by molar-refractivity contribution is -0.136. The minimum atomic E-state index is -0.863. The first kappa shape index (κ1) is 27.3. The fourth-order valence-corrected chi connectivity index (χ4v) is 5.68. The third kappa shape index (κ3) is 5.29. The number of nitrogens with zero attached hydrogens (tertiary/aromatic N) is 3. The second kappa shape index (κ2) is 11.5. The summed E-state index contributed by atoms with van der Waals surface area (Å²) >= 11 is 6.05. The average Bonchev–Trinajstić information content (AvgIpc) is 3.23. The molecule has 0 unspecified atom stereocenters. The summed E-state index contributed by atoms with van der Waals surface area (Å²) in [5, 5.41) is 3.34. The zero-order valence-electron chi connectivity index (χ0n) is 22.4. The quantitative estimate of drug-likeness (QED) is 0.462. The van der Waals surface area contributed by atoms with Crippen LogP contribution in [0.3, 0.4) is 0 Å². The summed E-state index contributed by atoms with van der Waals surface area (Å²) in [6.07, 6.45) is 0.856. The highest BCUT2D eigenvalue weighted by molar-refractivity contribution is 6.30. The van der Waals surface area contributed by atoms with E-state index < -0.39 is 5.54 Å². The van der Waals surface area contributed by atoms with Gasteiger partial charge in [-0.25, -0.2) is 0 Å². The van der Waals surface area contributed by atoms with E-state index in [0.717, 1.165) is 5.69 Å². The van der Waals surface area contributed by atoms with Crippen molar-refractivity contribution < 1.29 is 23.9 Å². The lowest BCUT2D eigenvalue weighted by Gasteiger charge is -2.43. The normalized spacial score (nSPS) is 16.3. The summed E-state index contributed by atoms with van der Waals surface area (Å²) in [5.41, 5.74) is 1.04. The van der Waals surface area contributed by atoms with Gasteiger partial charge >= 0.3 is 0 Å². The molecule has 2 saturated heterocycles. The maximum absolute atomic E-state index is 14.0. The zero-order chi connectivity index (χ0) is 28.3. The number of amides is 3. The van der Waals surface area contributed by atoms with E-state index in [2.05, 4.69) is 10.2 Å². The lowest BCUT2D eigenvalue weighted by atomic mass is 9.85. The number of ether oxygens (including phenoxy) is 2. The van der Waals surface area contributed by atoms with Crippen molar-refractivity contribution in [2.24, 2.45) is 0 Å². The zero-order valence-corrected chi connectivity index (χ0v) is 23.2.